The van der Waals surface area contributed by atoms with Crippen molar-refractivity contribution in [2.45, 2.75) is 51.4 Å². The van der Waals surface area contributed by atoms with E-state index in [1.807, 2.05) is 12.1 Å². The minimum absolute atomic E-state index is 0.169. The van der Waals surface area contributed by atoms with Gasteiger partial charge in [-0.1, -0.05) is 37.7 Å². The summed E-state index contributed by atoms with van der Waals surface area (Å²) >= 11 is 1.71. The Bertz CT molecular complexity index is 1100. The zero-order valence-corrected chi connectivity index (χ0v) is 20.9. The van der Waals surface area contributed by atoms with Crippen LogP contribution in [0.5, 0.6) is 0 Å². The van der Waals surface area contributed by atoms with Crippen molar-refractivity contribution in [3.8, 4) is 11.5 Å². The fourth-order valence-electron chi connectivity index (χ4n) is 3.95. The van der Waals surface area contributed by atoms with Gasteiger partial charge in [-0.3, -0.25) is 0 Å². The van der Waals surface area contributed by atoms with Gasteiger partial charge in [0, 0.05) is 24.5 Å². The molecule has 4 nitrogen and oxygen atoms in total. The third-order valence-electron chi connectivity index (χ3n) is 5.69. The van der Waals surface area contributed by atoms with E-state index in [0.717, 1.165) is 66.9 Å². The quantitative estimate of drug-likeness (QED) is 0.306. The Morgan fingerprint density at radius 2 is 1.91 bits per heavy atom. The molecule has 1 aromatic carbocycles. The van der Waals surface area contributed by atoms with Crippen LogP contribution in [-0.2, 0) is 6.42 Å². The molecule has 0 amide bonds. The van der Waals surface area contributed by atoms with Gasteiger partial charge in [0.05, 0.1) is 10.3 Å². The molecular weight excluding hydrogens is 435 g/mol. The lowest BCUT2D eigenvalue weighted by Gasteiger charge is -2.33. The lowest BCUT2D eigenvalue weighted by atomic mass is 10.0. The number of anilines is 1. The Labute approximate surface area is 195 Å². The van der Waals surface area contributed by atoms with Crippen LogP contribution in [0.4, 0.5) is 10.2 Å². The molecule has 1 aliphatic heterocycles. The summed E-state index contributed by atoms with van der Waals surface area (Å²) in [4.78, 5) is 11.6. The highest BCUT2D eigenvalue weighted by Crippen LogP contribution is 2.32. The SMILES string of the molecule is C[Si](C)(C)C#Cc1csc2c(N3CCC(NCCCc4ccc(F)cc4)CC3)ncnc12. The average molecular weight is 467 g/mol. The van der Waals surface area contributed by atoms with E-state index < -0.39 is 8.07 Å². The maximum atomic E-state index is 13.0. The van der Waals surface area contributed by atoms with Gasteiger partial charge in [-0.2, -0.15) is 0 Å². The zero-order valence-electron chi connectivity index (χ0n) is 19.1. The summed E-state index contributed by atoms with van der Waals surface area (Å²) in [5.74, 6) is 4.26. The van der Waals surface area contributed by atoms with Gasteiger partial charge in [-0.05, 0) is 49.9 Å². The van der Waals surface area contributed by atoms with Crippen LogP contribution >= 0.6 is 11.3 Å². The lowest BCUT2D eigenvalue weighted by Crippen LogP contribution is -2.43. The minimum Gasteiger partial charge on any atom is -0.355 e. The Morgan fingerprint density at radius 3 is 2.62 bits per heavy atom. The molecule has 0 aliphatic carbocycles. The van der Waals surface area contributed by atoms with E-state index in [-0.39, 0.29) is 5.82 Å². The van der Waals surface area contributed by atoms with Gasteiger partial charge < -0.3 is 10.2 Å². The first-order valence-electron chi connectivity index (χ1n) is 11.4. The zero-order chi connectivity index (χ0) is 22.6. The summed E-state index contributed by atoms with van der Waals surface area (Å²) in [5, 5.41) is 5.83. The number of piperidine rings is 1. The molecule has 2 aromatic heterocycles. The highest BCUT2D eigenvalue weighted by atomic mass is 32.1. The van der Waals surface area contributed by atoms with Gasteiger partial charge in [-0.25, -0.2) is 14.4 Å². The lowest BCUT2D eigenvalue weighted by molar-refractivity contribution is 0.412. The van der Waals surface area contributed by atoms with E-state index in [0.29, 0.717) is 6.04 Å². The molecule has 0 bridgehead atoms. The molecular formula is C25H31FN4SSi. The first kappa shape index (κ1) is 22.9. The monoisotopic (exact) mass is 466 g/mol. The number of halogens is 1. The number of nitrogens with one attached hydrogen (secondary N) is 1. The average Bonchev–Trinajstić information content (AvgIpc) is 3.20. The molecule has 1 N–H and O–H groups in total. The Kier molecular flexibility index (Phi) is 7.24. The van der Waals surface area contributed by atoms with E-state index in [1.165, 1.54) is 17.7 Å². The highest BCUT2D eigenvalue weighted by Gasteiger charge is 2.22. The normalized spacial score (nSPS) is 15.1. The van der Waals surface area contributed by atoms with E-state index in [2.05, 4.69) is 56.7 Å². The van der Waals surface area contributed by atoms with Crippen LogP contribution in [-0.4, -0.2) is 43.7 Å². The third-order valence-corrected chi connectivity index (χ3v) is 7.53. The highest BCUT2D eigenvalue weighted by molar-refractivity contribution is 7.18. The number of hydrogen-bond donors (Lipinski definition) is 1. The van der Waals surface area contributed by atoms with Crippen LogP contribution in [0, 0.1) is 17.3 Å². The molecule has 0 atom stereocenters. The van der Waals surface area contributed by atoms with E-state index in [1.54, 1.807) is 17.7 Å². The van der Waals surface area contributed by atoms with Gasteiger partial charge in [0.25, 0.3) is 0 Å². The first-order chi connectivity index (χ1) is 15.4. The van der Waals surface area contributed by atoms with E-state index in [9.17, 15) is 4.39 Å². The van der Waals surface area contributed by atoms with Crippen molar-refractivity contribution in [2.24, 2.45) is 0 Å². The van der Waals surface area contributed by atoms with Gasteiger partial charge in [0.2, 0.25) is 0 Å². The Morgan fingerprint density at radius 1 is 1.16 bits per heavy atom. The third kappa shape index (κ3) is 5.94. The molecule has 1 fully saturated rings. The maximum absolute atomic E-state index is 13.0. The fraction of sp³-hybridized carbons (Fsp3) is 0.440. The van der Waals surface area contributed by atoms with Crippen LogP contribution in [0.2, 0.25) is 19.6 Å². The second-order valence-corrected chi connectivity index (χ2v) is 15.1. The predicted molar refractivity (Wildman–Crippen MR) is 136 cm³/mol. The topological polar surface area (TPSA) is 41.0 Å². The summed E-state index contributed by atoms with van der Waals surface area (Å²) in [6.07, 6.45) is 5.94. The van der Waals surface area contributed by atoms with E-state index >= 15 is 0 Å². The number of hydrogen-bond acceptors (Lipinski definition) is 5. The second kappa shape index (κ2) is 10.1. The molecule has 1 aliphatic rings. The molecule has 0 spiro atoms. The van der Waals surface area contributed by atoms with Crippen LogP contribution < -0.4 is 10.2 Å². The number of thiophene rings is 1. The number of rotatable bonds is 6. The summed E-state index contributed by atoms with van der Waals surface area (Å²) in [7, 11) is -1.42. The Hall–Kier alpha value is -2.27. The van der Waals surface area contributed by atoms with Crippen LogP contribution in [0.25, 0.3) is 10.2 Å². The molecule has 0 radical (unpaired) electrons. The standard InChI is InChI=1S/C25H31FN4SSi/c1-32(2,3)16-12-20-17-31-24-23(20)28-18-29-25(24)30-14-10-22(11-15-30)27-13-4-5-19-6-8-21(26)9-7-19/h6-9,17-18,22,27H,4-5,10-11,13-15H2,1-3H3. The molecule has 32 heavy (non-hydrogen) atoms. The molecule has 1 saturated heterocycles. The maximum Gasteiger partial charge on any atom is 0.150 e. The number of fused-ring (bicyclic) bond motifs is 1. The summed E-state index contributed by atoms with van der Waals surface area (Å²) < 4.78 is 14.2. The molecule has 0 unspecified atom stereocenters. The summed E-state index contributed by atoms with van der Waals surface area (Å²) in [6, 6.07) is 7.38. The van der Waals surface area contributed by atoms with Crippen molar-refractivity contribution >= 4 is 35.4 Å². The van der Waals surface area contributed by atoms with E-state index in [4.69, 9.17) is 0 Å². The summed E-state index contributed by atoms with van der Waals surface area (Å²) in [5.41, 5.74) is 6.68. The number of aromatic nitrogens is 2. The van der Waals surface area contributed by atoms with Crippen molar-refractivity contribution in [3.63, 3.8) is 0 Å². The van der Waals surface area contributed by atoms with Crippen LogP contribution in [0.1, 0.15) is 30.4 Å². The molecule has 168 valence electrons. The molecule has 4 rings (SSSR count). The number of nitrogens with zero attached hydrogens (tertiary/aromatic N) is 3. The number of aryl methyl sites for hydroxylation is 1. The van der Waals surface area contributed by atoms with Crippen molar-refractivity contribution in [2.75, 3.05) is 24.5 Å². The fourth-order valence-corrected chi connectivity index (χ4v) is 5.43. The van der Waals surface area contributed by atoms with Crippen molar-refractivity contribution < 1.29 is 4.39 Å². The van der Waals surface area contributed by atoms with Gasteiger partial charge in [0.15, 0.2) is 0 Å². The smallest absolute Gasteiger partial charge is 0.150 e. The minimum atomic E-state index is -1.42. The predicted octanol–water partition coefficient (Wildman–Crippen LogP) is 5.25. The van der Waals surface area contributed by atoms with Gasteiger partial charge in [0.1, 0.15) is 31.6 Å². The molecule has 3 heterocycles. The number of benzene rings is 1. The van der Waals surface area contributed by atoms with Gasteiger partial charge >= 0.3 is 0 Å². The van der Waals surface area contributed by atoms with Crippen molar-refractivity contribution in [1.29, 1.82) is 0 Å². The van der Waals surface area contributed by atoms with Crippen molar-refractivity contribution in [3.05, 3.63) is 52.9 Å². The molecule has 3 aromatic rings. The van der Waals surface area contributed by atoms with Crippen molar-refractivity contribution in [1.82, 2.24) is 15.3 Å². The van der Waals surface area contributed by atoms with Crippen LogP contribution in [0.15, 0.2) is 36.0 Å². The second-order valence-electron chi connectivity index (χ2n) is 9.47. The Balaban J connectivity index is 1.30. The van der Waals surface area contributed by atoms with Gasteiger partial charge in [-0.15, -0.1) is 16.9 Å². The molecule has 7 heteroatoms. The molecule has 0 saturated carbocycles. The first-order valence-corrected chi connectivity index (χ1v) is 15.8. The van der Waals surface area contributed by atoms with Crippen LogP contribution in [0.3, 0.4) is 0 Å². The summed E-state index contributed by atoms with van der Waals surface area (Å²) in [6.45, 7) is 9.76. The largest absolute Gasteiger partial charge is 0.355 e.